The van der Waals surface area contributed by atoms with Crippen molar-refractivity contribution in [2.75, 3.05) is 32.6 Å². The average molecular weight is 389 g/mol. The number of nitrogens with two attached hydrogens (primary N) is 1. The molecule has 1 aromatic heterocycles. The number of rotatable bonds is 6. The number of methoxy groups -OCH3 is 2. The van der Waals surface area contributed by atoms with Gasteiger partial charge in [0, 0.05) is 29.6 Å². The first kappa shape index (κ1) is 19.2. The first-order chi connectivity index (χ1) is 13.0. The van der Waals surface area contributed by atoms with Crippen LogP contribution in [-0.4, -0.2) is 44.0 Å². The predicted molar refractivity (Wildman–Crippen MR) is 105 cm³/mol. The van der Waals surface area contributed by atoms with Crippen molar-refractivity contribution in [3.05, 3.63) is 39.8 Å². The van der Waals surface area contributed by atoms with E-state index in [-0.39, 0.29) is 5.91 Å². The van der Waals surface area contributed by atoms with Crippen LogP contribution in [0.5, 0.6) is 11.5 Å². The van der Waals surface area contributed by atoms with Crippen molar-refractivity contribution in [2.45, 2.75) is 19.9 Å². The number of carbonyl (C=O) groups is 2. The number of nitrogens with one attached hydrogen (secondary N) is 1. The molecule has 1 aromatic carbocycles. The molecule has 0 saturated heterocycles. The van der Waals surface area contributed by atoms with Gasteiger partial charge in [-0.3, -0.25) is 14.5 Å². The second-order valence-electron chi connectivity index (χ2n) is 6.25. The molecule has 0 bridgehead atoms. The Bertz CT molecular complexity index is 856. The van der Waals surface area contributed by atoms with Crippen molar-refractivity contribution >= 4 is 28.2 Å². The first-order valence-electron chi connectivity index (χ1n) is 8.67. The summed E-state index contributed by atoms with van der Waals surface area (Å²) < 4.78 is 10.4. The quantitative estimate of drug-likeness (QED) is 0.792. The Labute approximate surface area is 162 Å². The van der Waals surface area contributed by atoms with Crippen LogP contribution in [0, 0.1) is 0 Å². The summed E-state index contributed by atoms with van der Waals surface area (Å²) in [6.07, 6.45) is 0.751. The minimum atomic E-state index is -0.518. The molecule has 1 aliphatic heterocycles. The number of fused-ring (bicyclic) bond motifs is 1. The maximum atomic E-state index is 12.8. The lowest BCUT2D eigenvalue weighted by molar-refractivity contribution is 0.1000. The van der Waals surface area contributed by atoms with Crippen LogP contribution < -0.4 is 20.5 Å². The minimum Gasteiger partial charge on any atom is -0.497 e. The van der Waals surface area contributed by atoms with E-state index in [1.807, 2.05) is 0 Å². The summed E-state index contributed by atoms with van der Waals surface area (Å²) >= 11 is 1.42. The van der Waals surface area contributed by atoms with Gasteiger partial charge < -0.3 is 20.5 Å². The molecule has 0 spiro atoms. The Kier molecular flexibility index (Phi) is 5.67. The van der Waals surface area contributed by atoms with E-state index in [9.17, 15) is 9.59 Å². The number of ether oxygens (including phenoxy) is 2. The van der Waals surface area contributed by atoms with Gasteiger partial charge >= 0.3 is 0 Å². The van der Waals surface area contributed by atoms with E-state index in [2.05, 4.69) is 17.1 Å². The van der Waals surface area contributed by atoms with E-state index in [1.165, 1.54) is 25.6 Å². The number of benzene rings is 1. The third-order valence-corrected chi connectivity index (χ3v) is 5.80. The number of primary amides is 1. The second-order valence-corrected chi connectivity index (χ2v) is 7.35. The monoisotopic (exact) mass is 389 g/mol. The highest BCUT2D eigenvalue weighted by molar-refractivity contribution is 7.17. The molecular formula is C19H23N3O4S. The fourth-order valence-corrected chi connectivity index (χ4v) is 4.48. The first-order valence-corrected chi connectivity index (χ1v) is 9.49. The van der Waals surface area contributed by atoms with Crippen LogP contribution in [0.1, 0.15) is 38.1 Å². The van der Waals surface area contributed by atoms with Crippen LogP contribution in [0.4, 0.5) is 5.00 Å². The highest BCUT2D eigenvalue weighted by Crippen LogP contribution is 2.37. The van der Waals surface area contributed by atoms with Crippen LogP contribution in [0.3, 0.4) is 0 Å². The molecule has 144 valence electrons. The summed E-state index contributed by atoms with van der Waals surface area (Å²) in [5, 5.41) is 3.35. The van der Waals surface area contributed by atoms with Gasteiger partial charge in [0.25, 0.3) is 11.8 Å². The molecule has 2 aromatic rings. The zero-order valence-electron chi connectivity index (χ0n) is 15.6. The van der Waals surface area contributed by atoms with E-state index >= 15 is 0 Å². The molecule has 0 aliphatic carbocycles. The maximum Gasteiger partial charge on any atom is 0.256 e. The normalized spacial score (nSPS) is 13.7. The highest BCUT2D eigenvalue weighted by Gasteiger charge is 2.27. The Balaban J connectivity index is 1.93. The van der Waals surface area contributed by atoms with Gasteiger partial charge in [0.05, 0.1) is 19.8 Å². The topological polar surface area (TPSA) is 93.9 Å². The SMILES string of the molecule is CCN1CCc2c(sc(NC(=O)c3cc(OC)cc(OC)c3)c2C(N)=O)C1. The number of nitrogens with zero attached hydrogens (tertiary/aromatic N) is 1. The summed E-state index contributed by atoms with van der Waals surface area (Å²) in [7, 11) is 3.04. The summed E-state index contributed by atoms with van der Waals surface area (Å²) in [5.41, 5.74) is 7.38. The van der Waals surface area contributed by atoms with Crippen molar-refractivity contribution < 1.29 is 19.1 Å². The van der Waals surface area contributed by atoms with Crippen LogP contribution in [0.25, 0.3) is 0 Å². The van der Waals surface area contributed by atoms with E-state index in [1.54, 1.807) is 18.2 Å². The number of hydrogen-bond donors (Lipinski definition) is 2. The van der Waals surface area contributed by atoms with Gasteiger partial charge in [-0.2, -0.15) is 0 Å². The molecule has 3 rings (SSSR count). The lowest BCUT2D eigenvalue weighted by Crippen LogP contribution is -2.30. The van der Waals surface area contributed by atoms with Crippen LogP contribution in [0.2, 0.25) is 0 Å². The zero-order valence-corrected chi connectivity index (χ0v) is 16.4. The van der Waals surface area contributed by atoms with Crippen LogP contribution in [0.15, 0.2) is 18.2 Å². The lowest BCUT2D eigenvalue weighted by Gasteiger charge is -2.25. The number of thiophene rings is 1. The zero-order chi connectivity index (χ0) is 19.6. The molecule has 3 N–H and O–H groups in total. The van der Waals surface area contributed by atoms with Crippen LogP contribution >= 0.6 is 11.3 Å². The molecule has 8 heteroatoms. The molecule has 0 saturated carbocycles. The van der Waals surface area contributed by atoms with Gasteiger partial charge in [0.2, 0.25) is 0 Å². The van der Waals surface area contributed by atoms with Crippen LogP contribution in [-0.2, 0) is 13.0 Å². The molecule has 0 fully saturated rings. The number of amides is 2. The standard InChI is InChI=1S/C19H23N3O4S/c1-4-22-6-5-14-15(10-22)27-19(16(14)17(20)23)21-18(24)11-7-12(25-2)9-13(8-11)26-3/h7-9H,4-6,10H2,1-3H3,(H2,20,23)(H,21,24). The largest absolute Gasteiger partial charge is 0.497 e. The molecule has 0 atom stereocenters. The number of carbonyl (C=O) groups excluding carboxylic acids is 2. The Hall–Kier alpha value is -2.58. The number of anilines is 1. The molecular weight excluding hydrogens is 366 g/mol. The third-order valence-electron chi connectivity index (χ3n) is 4.67. The molecule has 0 radical (unpaired) electrons. The Morgan fingerprint density at radius 3 is 2.44 bits per heavy atom. The van der Waals surface area contributed by atoms with Gasteiger partial charge in [-0.1, -0.05) is 6.92 Å². The molecule has 2 amide bonds. The average Bonchev–Trinajstić information content (AvgIpc) is 3.04. The molecule has 1 aliphatic rings. The third kappa shape index (κ3) is 3.91. The summed E-state index contributed by atoms with van der Waals surface area (Å²) in [5.74, 6) is 0.161. The molecule has 2 heterocycles. The highest BCUT2D eigenvalue weighted by atomic mass is 32.1. The summed E-state index contributed by atoms with van der Waals surface area (Å²) in [4.78, 5) is 28.2. The summed E-state index contributed by atoms with van der Waals surface area (Å²) in [6, 6.07) is 4.93. The van der Waals surface area contributed by atoms with Gasteiger partial charge in [-0.15, -0.1) is 11.3 Å². The number of hydrogen-bond acceptors (Lipinski definition) is 6. The van der Waals surface area contributed by atoms with Gasteiger partial charge in [-0.25, -0.2) is 0 Å². The van der Waals surface area contributed by atoms with Crippen molar-refractivity contribution in [3.63, 3.8) is 0 Å². The lowest BCUT2D eigenvalue weighted by atomic mass is 10.0. The predicted octanol–water partition coefficient (Wildman–Crippen LogP) is 2.49. The smallest absolute Gasteiger partial charge is 0.256 e. The van der Waals surface area contributed by atoms with Gasteiger partial charge in [-0.05, 0) is 30.7 Å². The fourth-order valence-electron chi connectivity index (χ4n) is 3.19. The minimum absolute atomic E-state index is 0.347. The molecule has 0 unspecified atom stereocenters. The van der Waals surface area contributed by atoms with E-state index < -0.39 is 5.91 Å². The second kappa shape index (κ2) is 7.98. The van der Waals surface area contributed by atoms with Crippen molar-refractivity contribution in [1.82, 2.24) is 4.90 Å². The van der Waals surface area contributed by atoms with Crippen molar-refractivity contribution in [3.8, 4) is 11.5 Å². The molecule has 7 nitrogen and oxygen atoms in total. The van der Waals surface area contributed by atoms with E-state index in [0.717, 1.165) is 36.5 Å². The molecule has 27 heavy (non-hydrogen) atoms. The summed E-state index contributed by atoms with van der Waals surface area (Å²) in [6.45, 7) is 4.68. The Morgan fingerprint density at radius 1 is 1.22 bits per heavy atom. The van der Waals surface area contributed by atoms with E-state index in [0.29, 0.717) is 27.6 Å². The van der Waals surface area contributed by atoms with Gasteiger partial charge in [0.15, 0.2) is 0 Å². The van der Waals surface area contributed by atoms with Gasteiger partial charge in [0.1, 0.15) is 16.5 Å². The van der Waals surface area contributed by atoms with E-state index in [4.69, 9.17) is 15.2 Å². The number of likely N-dealkylation sites (N-methyl/N-ethyl adjacent to an activating group) is 1. The van der Waals surface area contributed by atoms with Crippen molar-refractivity contribution in [1.29, 1.82) is 0 Å². The fraction of sp³-hybridized carbons (Fsp3) is 0.368. The Morgan fingerprint density at radius 2 is 1.89 bits per heavy atom. The maximum absolute atomic E-state index is 12.8. The van der Waals surface area contributed by atoms with Crippen molar-refractivity contribution in [2.24, 2.45) is 5.73 Å².